The number of ether oxygens (including phenoxy) is 1. The minimum absolute atomic E-state index is 0.0400. The van der Waals surface area contributed by atoms with E-state index in [1.54, 1.807) is 0 Å². The molecule has 3 heterocycles. The van der Waals surface area contributed by atoms with Gasteiger partial charge in [-0.05, 0) is 37.8 Å². The number of nitrogens with zero attached hydrogens (tertiary/aromatic N) is 3. The van der Waals surface area contributed by atoms with E-state index in [2.05, 4.69) is 26.3 Å². The molecule has 1 aromatic heterocycles. The lowest BCUT2D eigenvalue weighted by molar-refractivity contribution is -0.121. The molecular formula is C25H36N6O3S. The highest BCUT2D eigenvalue weighted by Crippen LogP contribution is 2.33. The van der Waals surface area contributed by atoms with E-state index >= 15 is 0 Å². The smallest absolute Gasteiger partial charge is 0.315 e. The SMILES string of the molecule is O=C(CCCC[C@@H]1SC[C@@H]2NC(=O)N[C@@H]21)NCCCCCCn1cc(COc2ccccc2)nn1. The van der Waals surface area contributed by atoms with Crippen LogP contribution in [0.2, 0.25) is 0 Å². The summed E-state index contributed by atoms with van der Waals surface area (Å²) in [5.74, 6) is 1.96. The predicted molar refractivity (Wildman–Crippen MR) is 136 cm³/mol. The largest absolute Gasteiger partial charge is 0.487 e. The summed E-state index contributed by atoms with van der Waals surface area (Å²) < 4.78 is 7.57. The predicted octanol–water partition coefficient (Wildman–Crippen LogP) is 3.26. The van der Waals surface area contributed by atoms with Crippen LogP contribution in [0.3, 0.4) is 0 Å². The molecular weight excluding hydrogens is 464 g/mol. The first-order chi connectivity index (χ1) is 17.2. The lowest BCUT2D eigenvalue weighted by Gasteiger charge is -2.16. The third-order valence-corrected chi connectivity index (χ3v) is 7.94. The summed E-state index contributed by atoms with van der Waals surface area (Å²) >= 11 is 1.93. The van der Waals surface area contributed by atoms with Gasteiger partial charge in [0, 0.05) is 30.5 Å². The van der Waals surface area contributed by atoms with Crippen molar-refractivity contribution in [2.45, 2.75) is 81.9 Å². The monoisotopic (exact) mass is 500 g/mol. The second-order valence-electron chi connectivity index (χ2n) is 9.21. The summed E-state index contributed by atoms with van der Waals surface area (Å²) in [5, 5.41) is 17.8. The number of para-hydroxylation sites is 1. The topological polar surface area (TPSA) is 110 Å². The molecule has 10 heteroatoms. The number of benzene rings is 1. The Morgan fingerprint density at radius 2 is 1.97 bits per heavy atom. The maximum absolute atomic E-state index is 12.1. The van der Waals surface area contributed by atoms with Crippen LogP contribution in [-0.4, -0.2) is 56.6 Å². The Morgan fingerprint density at radius 3 is 2.86 bits per heavy atom. The zero-order valence-electron chi connectivity index (χ0n) is 20.2. The molecule has 2 fully saturated rings. The van der Waals surface area contributed by atoms with E-state index in [9.17, 15) is 9.59 Å². The van der Waals surface area contributed by atoms with Gasteiger partial charge in [0.25, 0.3) is 0 Å². The van der Waals surface area contributed by atoms with Gasteiger partial charge in [-0.1, -0.05) is 42.7 Å². The number of urea groups is 1. The first kappa shape index (κ1) is 25.3. The molecule has 190 valence electrons. The molecule has 2 aliphatic heterocycles. The van der Waals surface area contributed by atoms with Gasteiger partial charge in [0.15, 0.2) is 0 Å². The fraction of sp³-hybridized carbons (Fsp3) is 0.600. The first-order valence-electron chi connectivity index (χ1n) is 12.7. The Bertz CT molecular complexity index is 940. The van der Waals surface area contributed by atoms with E-state index in [-0.39, 0.29) is 24.0 Å². The highest BCUT2D eigenvalue weighted by Gasteiger charge is 2.42. The molecule has 2 aliphatic rings. The Morgan fingerprint density at radius 1 is 1.11 bits per heavy atom. The normalized spacial score (nSPS) is 20.8. The van der Waals surface area contributed by atoms with Crippen molar-refractivity contribution in [1.82, 2.24) is 30.9 Å². The number of hydrogen-bond donors (Lipinski definition) is 3. The molecule has 0 unspecified atom stereocenters. The van der Waals surface area contributed by atoms with Crippen LogP contribution in [0.1, 0.15) is 57.1 Å². The van der Waals surface area contributed by atoms with Crippen LogP contribution < -0.4 is 20.7 Å². The number of aryl methyl sites for hydroxylation is 1. The number of amides is 3. The van der Waals surface area contributed by atoms with Crippen molar-refractivity contribution in [2.75, 3.05) is 12.3 Å². The third kappa shape index (κ3) is 8.16. The lowest BCUT2D eigenvalue weighted by Crippen LogP contribution is -2.36. The molecule has 9 nitrogen and oxygen atoms in total. The van der Waals surface area contributed by atoms with E-state index in [0.29, 0.717) is 18.3 Å². The maximum atomic E-state index is 12.1. The summed E-state index contributed by atoms with van der Waals surface area (Å²) in [6.45, 7) is 1.99. The van der Waals surface area contributed by atoms with Crippen LogP contribution >= 0.6 is 11.8 Å². The first-order valence-corrected chi connectivity index (χ1v) is 13.7. The Hall–Kier alpha value is -2.75. The number of unbranched alkanes of at least 4 members (excludes halogenated alkanes) is 4. The third-order valence-electron chi connectivity index (χ3n) is 6.43. The Kier molecular flexibility index (Phi) is 9.68. The molecule has 0 bridgehead atoms. The molecule has 0 aliphatic carbocycles. The number of carbonyl (C=O) groups excluding carboxylic acids is 2. The lowest BCUT2D eigenvalue weighted by atomic mass is 10.0. The number of aromatic nitrogens is 3. The van der Waals surface area contributed by atoms with Crippen LogP contribution in [0, 0.1) is 0 Å². The molecule has 1 aromatic carbocycles. The maximum Gasteiger partial charge on any atom is 0.315 e. The second kappa shape index (κ2) is 13.4. The van der Waals surface area contributed by atoms with Gasteiger partial charge in [-0.3, -0.25) is 9.48 Å². The van der Waals surface area contributed by atoms with Crippen LogP contribution in [0.15, 0.2) is 36.5 Å². The van der Waals surface area contributed by atoms with Gasteiger partial charge in [-0.2, -0.15) is 11.8 Å². The van der Waals surface area contributed by atoms with E-state index in [1.807, 2.05) is 53.0 Å². The summed E-state index contributed by atoms with van der Waals surface area (Å²) in [6.07, 6.45) is 9.70. The van der Waals surface area contributed by atoms with Crippen molar-refractivity contribution in [3.8, 4) is 5.75 Å². The van der Waals surface area contributed by atoms with E-state index in [1.165, 1.54) is 0 Å². The quantitative estimate of drug-likeness (QED) is 0.256. The molecule has 3 amide bonds. The average Bonchev–Trinajstić information content (AvgIpc) is 3.57. The standard InChI is InChI=1S/C25H36N6O3S/c32-23(13-7-6-12-22-24-21(18-35-22)27-25(33)28-24)26-14-8-1-2-9-15-31-16-19(29-30-31)17-34-20-10-4-3-5-11-20/h3-5,10-11,16,21-22,24H,1-2,6-9,12-15,17-18H2,(H,26,32)(H2,27,28,33)/t21-,22-,24-/m0/s1. The minimum Gasteiger partial charge on any atom is -0.487 e. The summed E-state index contributed by atoms with van der Waals surface area (Å²) in [7, 11) is 0. The molecule has 2 aromatic rings. The zero-order chi connectivity index (χ0) is 24.3. The molecule has 0 spiro atoms. The van der Waals surface area contributed by atoms with Gasteiger partial charge >= 0.3 is 6.03 Å². The number of hydrogen-bond acceptors (Lipinski definition) is 6. The molecule has 3 N–H and O–H groups in total. The van der Waals surface area contributed by atoms with Gasteiger partial charge in [0.2, 0.25) is 5.91 Å². The summed E-state index contributed by atoms with van der Waals surface area (Å²) in [6, 6.07) is 10.2. The van der Waals surface area contributed by atoms with Crippen molar-refractivity contribution in [2.24, 2.45) is 0 Å². The molecule has 4 rings (SSSR count). The van der Waals surface area contributed by atoms with Crippen LogP contribution in [-0.2, 0) is 17.9 Å². The Labute approximate surface area is 211 Å². The highest BCUT2D eigenvalue weighted by molar-refractivity contribution is 8.00. The van der Waals surface area contributed by atoms with Gasteiger partial charge in [-0.25, -0.2) is 4.79 Å². The molecule has 0 radical (unpaired) electrons. The molecule has 3 atom stereocenters. The van der Waals surface area contributed by atoms with E-state index < -0.39 is 0 Å². The van der Waals surface area contributed by atoms with Crippen molar-refractivity contribution >= 4 is 23.7 Å². The average molecular weight is 501 g/mol. The summed E-state index contributed by atoms with van der Waals surface area (Å²) in [5.41, 5.74) is 0.824. The second-order valence-corrected chi connectivity index (χ2v) is 10.5. The number of carbonyl (C=O) groups is 2. The Balaban J connectivity index is 0.964. The van der Waals surface area contributed by atoms with Crippen molar-refractivity contribution in [1.29, 1.82) is 0 Å². The number of thioether (sulfide) groups is 1. The minimum atomic E-state index is -0.0400. The molecule has 2 saturated heterocycles. The van der Waals surface area contributed by atoms with Crippen LogP contribution in [0.5, 0.6) is 5.75 Å². The fourth-order valence-corrected chi connectivity index (χ4v) is 6.07. The summed E-state index contributed by atoms with van der Waals surface area (Å²) in [4.78, 5) is 23.5. The van der Waals surface area contributed by atoms with Gasteiger partial charge < -0.3 is 20.7 Å². The van der Waals surface area contributed by atoms with Crippen LogP contribution in [0.25, 0.3) is 0 Å². The van der Waals surface area contributed by atoms with Crippen molar-refractivity contribution in [3.05, 3.63) is 42.2 Å². The van der Waals surface area contributed by atoms with Crippen molar-refractivity contribution in [3.63, 3.8) is 0 Å². The van der Waals surface area contributed by atoms with E-state index in [4.69, 9.17) is 4.74 Å². The van der Waals surface area contributed by atoms with Crippen molar-refractivity contribution < 1.29 is 14.3 Å². The van der Waals surface area contributed by atoms with E-state index in [0.717, 1.165) is 75.2 Å². The van der Waals surface area contributed by atoms with Gasteiger partial charge in [-0.15, -0.1) is 5.10 Å². The highest BCUT2D eigenvalue weighted by atomic mass is 32.2. The fourth-order valence-electron chi connectivity index (χ4n) is 4.53. The van der Waals surface area contributed by atoms with Gasteiger partial charge in [0.05, 0.1) is 18.3 Å². The van der Waals surface area contributed by atoms with Gasteiger partial charge in [0.1, 0.15) is 18.1 Å². The zero-order valence-corrected chi connectivity index (χ0v) is 21.0. The molecule has 35 heavy (non-hydrogen) atoms. The number of fused-ring (bicyclic) bond motifs is 1. The van der Waals surface area contributed by atoms with Crippen LogP contribution in [0.4, 0.5) is 4.79 Å². The molecule has 0 saturated carbocycles. The number of nitrogens with one attached hydrogen (secondary N) is 3. The number of rotatable bonds is 15.